The van der Waals surface area contributed by atoms with Gasteiger partial charge in [0.2, 0.25) is 0 Å². The summed E-state index contributed by atoms with van der Waals surface area (Å²) in [7, 11) is 0. The number of hydrogen-bond acceptors (Lipinski definition) is 5. The SMILES string of the molecule is CC(C)OC(=O)/C(C#N)=C/c1ccc(OCC#N)cc1. The quantitative estimate of drug-likeness (QED) is 0.466. The van der Waals surface area contributed by atoms with Crippen molar-refractivity contribution in [2.75, 3.05) is 6.61 Å². The highest BCUT2D eigenvalue weighted by atomic mass is 16.5. The van der Waals surface area contributed by atoms with Gasteiger partial charge in [-0.3, -0.25) is 0 Å². The summed E-state index contributed by atoms with van der Waals surface area (Å²) in [5.74, 6) is -0.0979. The zero-order valence-corrected chi connectivity index (χ0v) is 11.3. The van der Waals surface area contributed by atoms with Crippen LogP contribution < -0.4 is 4.74 Å². The molecular weight excluding hydrogens is 256 g/mol. The molecule has 1 aromatic carbocycles. The molecule has 0 amide bonds. The van der Waals surface area contributed by atoms with Crippen LogP contribution in [0.15, 0.2) is 29.8 Å². The monoisotopic (exact) mass is 270 g/mol. The second-order valence-electron chi connectivity index (χ2n) is 4.14. The Kier molecular flexibility index (Phi) is 5.80. The van der Waals surface area contributed by atoms with Crippen molar-refractivity contribution in [1.82, 2.24) is 0 Å². The molecule has 0 bridgehead atoms. The van der Waals surface area contributed by atoms with E-state index in [1.165, 1.54) is 6.08 Å². The summed E-state index contributed by atoms with van der Waals surface area (Å²) in [5, 5.41) is 17.4. The molecule has 0 heterocycles. The standard InChI is InChI=1S/C15H14N2O3/c1-11(2)20-15(18)13(10-17)9-12-3-5-14(6-4-12)19-8-7-16/h3-6,9,11H,8H2,1-2H3/b13-9+. The Morgan fingerprint density at radius 1 is 1.30 bits per heavy atom. The van der Waals surface area contributed by atoms with Gasteiger partial charge in [-0.05, 0) is 37.6 Å². The number of nitrogens with zero attached hydrogens (tertiary/aromatic N) is 2. The molecular formula is C15H14N2O3. The second kappa shape index (κ2) is 7.60. The van der Waals surface area contributed by atoms with Crippen molar-refractivity contribution in [3.05, 3.63) is 35.4 Å². The van der Waals surface area contributed by atoms with E-state index >= 15 is 0 Å². The van der Waals surface area contributed by atoms with E-state index in [0.29, 0.717) is 11.3 Å². The topological polar surface area (TPSA) is 83.1 Å². The Labute approximate surface area is 117 Å². The Morgan fingerprint density at radius 3 is 2.45 bits per heavy atom. The highest BCUT2D eigenvalue weighted by Gasteiger charge is 2.12. The summed E-state index contributed by atoms with van der Waals surface area (Å²) in [4.78, 5) is 11.6. The van der Waals surface area contributed by atoms with Crippen LogP contribution in [0.3, 0.4) is 0 Å². The molecule has 0 fully saturated rings. The fraction of sp³-hybridized carbons (Fsp3) is 0.267. The first-order chi connectivity index (χ1) is 9.56. The highest BCUT2D eigenvalue weighted by Crippen LogP contribution is 2.15. The van der Waals surface area contributed by atoms with Crippen molar-refractivity contribution in [3.63, 3.8) is 0 Å². The molecule has 5 nitrogen and oxygen atoms in total. The van der Waals surface area contributed by atoms with Crippen LogP contribution in [0.4, 0.5) is 0 Å². The van der Waals surface area contributed by atoms with Crippen molar-refractivity contribution < 1.29 is 14.3 Å². The van der Waals surface area contributed by atoms with E-state index < -0.39 is 5.97 Å². The third-order valence-corrected chi connectivity index (χ3v) is 2.18. The van der Waals surface area contributed by atoms with Gasteiger partial charge >= 0.3 is 5.97 Å². The second-order valence-corrected chi connectivity index (χ2v) is 4.14. The molecule has 0 N–H and O–H groups in total. The van der Waals surface area contributed by atoms with Gasteiger partial charge in [-0.1, -0.05) is 12.1 Å². The van der Waals surface area contributed by atoms with E-state index in [4.69, 9.17) is 20.0 Å². The van der Waals surface area contributed by atoms with Crippen LogP contribution in [0.1, 0.15) is 19.4 Å². The number of carbonyl (C=O) groups excluding carboxylic acids is 1. The van der Waals surface area contributed by atoms with Crippen LogP contribution >= 0.6 is 0 Å². The number of nitriles is 2. The lowest BCUT2D eigenvalue weighted by atomic mass is 10.1. The first-order valence-corrected chi connectivity index (χ1v) is 5.99. The van der Waals surface area contributed by atoms with Crippen molar-refractivity contribution in [2.24, 2.45) is 0 Å². The molecule has 0 spiro atoms. The van der Waals surface area contributed by atoms with E-state index in [2.05, 4.69) is 0 Å². The molecule has 5 heteroatoms. The molecule has 0 aromatic heterocycles. The summed E-state index contributed by atoms with van der Waals surface area (Å²) >= 11 is 0. The van der Waals surface area contributed by atoms with E-state index in [1.807, 2.05) is 12.1 Å². The van der Waals surface area contributed by atoms with E-state index in [9.17, 15) is 4.79 Å². The Balaban J connectivity index is 2.83. The predicted molar refractivity (Wildman–Crippen MR) is 72.4 cm³/mol. The van der Waals surface area contributed by atoms with E-state index in [0.717, 1.165) is 0 Å². The summed E-state index contributed by atoms with van der Waals surface area (Å²) in [6, 6.07) is 10.4. The molecule has 1 aromatic rings. The lowest BCUT2D eigenvalue weighted by molar-refractivity contribution is -0.142. The fourth-order valence-corrected chi connectivity index (χ4v) is 1.36. The highest BCUT2D eigenvalue weighted by molar-refractivity contribution is 5.97. The third-order valence-electron chi connectivity index (χ3n) is 2.18. The predicted octanol–water partition coefficient (Wildman–Crippen LogP) is 2.45. The fourth-order valence-electron chi connectivity index (χ4n) is 1.36. The van der Waals surface area contributed by atoms with Gasteiger partial charge in [0.05, 0.1) is 6.10 Å². The van der Waals surface area contributed by atoms with Crippen molar-refractivity contribution in [1.29, 1.82) is 10.5 Å². The number of rotatable bonds is 5. The zero-order valence-electron chi connectivity index (χ0n) is 11.3. The minimum atomic E-state index is -0.646. The maximum absolute atomic E-state index is 11.6. The maximum Gasteiger partial charge on any atom is 0.349 e. The van der Waals surface area contributed by atoms with Gasteiger partial charge in [-0.25, -0.2) is 4.79 Å². The van der Waals surface area contributed by atoms with Crippen LogP contribution in [-0.2, 0) is 9.53 Å². The molecule has 102 valence electrons. The number of hydrogen-bond donors (Lipinski definition) is 0. The van der Waals surface area contributed by atoms with Crippen molar-refractivity contribution in [2.45, 2.75) is 20.0 Å². The Hall–Kier alpha value is -2.79. The van der Waals surface area contributed by atoms with Crippen LogP contribution in [0, 0.1) is 22.7 Å². The van der Waals surface area contributed by atoms with Crippen molar-refractivity contribution in [3.8, 4) is 17.9 Å². The lowest BCUT2D eigenvalue weighted by Gasteiger charge is -2.06. The average Bonchev–Trinajstić information content (AvgIpc) is 2.42. The molecule has 0 aliphatic rings. The van der Waals surface area contributed by atoms with Gasteiger partial charge in [0.25, 0.3) is 0 Å². The molecule has 0 saturated heterocycles. The third kappa shape index (κ3) is 4.83. The first-order valence-electron chi connectivity index (χ1n) is 5.99. The smallest absolute Gasteiger partial charge is 0.349 e. The molecule has 0 atom stereocenters. The van der Waals surface area contributed by atoms with Crippen LogP contribution in [0.25, 0.3) is 6.08 Å². The largest absolute Gasteiger partial charge is 0.479 e. The minimum absolute atomic E-state index is 0.0284. The summed E-state index contributed by atoms with van der Waals surface area (Å²) in [5.41, 5.74) is 0.607. The number of esters is 1. The van der Waals surface area contributed by atoms with Gasteiger partial charge in [-0.2, -0.15) is 10.5 Å². The number of carbonyl (C=O) groups is 1. The molecule has 20 heavy (non-hydrogen) atoms. The minimum Gasteiger partial charge on any atom is -0.479 e. The molecule has 0 aliphatic carbocycles. The van der Waals surface area contributed by atoms with Gasteiger partial charge in [0, 0.05) is 0 Å². The Morgan fingerprint density at radius 2 is 1.95 bits per heavy atom. The summed E-state index contributed by atoms with van der Waals surface area (Å²) < 4.78 is 10.1. The summed E-state index contributed by atoms with van der Waals surface area (Å²) in [6.45, 7) is 3.40. The van der Waals surface area contributed by atoms with Crippen LogP contribution in [0.2, 0.25) is 0 Å². The number of ether oxygens (including phenoxy) is 2. The van der Waals surface area contributed by atoms with Gasteiger partial charge in [-0.15, -0.1) is 0 Å². The molecule has 0 aliphatic heterocycles. The van der Waals surface area contributed by atoms with Crippen LogP contribution in [-0.4, -0.2) is 18.7 Å². The molecule has 1 rings (SSSR count). The molecule has 0 unspecified atom stereocenters. The number of benzene rings is 1. The average molecular weight is 270 g/mol. The van der Waals surface area contributed by atoms with E-state index in [1.54, 1.807) is 38.1 Å². The first kappa shape index (κ1) is 15.3. The molecule has 0 radical (unpaired) electrons. The molecule has 0 saturated carbocycles. The van der Waals surface area contributed by atoms with E-state index in [-0.39, 0.29) is 18.3 Å². The van der Waals surface area contributed by atoms with Gasteiger partial charge < -0.3 is 9.47 Å². The Bertz CT molecular complexity index is 575. The van der Waals surface area contributed by atoms with Gasteiger partial charge in [0.1, 0.15) is 23.5 Å². The lowest BCUT2D eigenvalue weighted by Crippen LogP contribution is -2.12. The van der Waals surface area contributed by atoms with Gasteiger partial charge in [0.15, 0.2) is 6.61 Å². The summed E-state index contributed by atoms with van der Waals surface area (Å²) in [6.07, 6.45) is 1.17. The zero-order chi connectivity index (χ0) is 15.0. The van der Waals surface area contributed by atoms with Crippen LogP contribution in [0.5, 0.6) is 5.75 Å². The maximum atomic E-state index is 11.6. The van der Waals surface area contributed by atoms with Crippen molar-refractivity contribution >= 4 is 12.0 Å². The normalized spacial score (nSPS) is 10.6.